The van der Waals surface area contributed by atoms with Crippen LogP contribution in [0.5, 0.6) is 5.75 Å². The molecule has 0 bridgehead atoms. The van der Waals surface area contributed by atoms with Crippen LogP contribution < -0.4 is 4.74 Å². The zero-order valence-corrected chi connectivity index (χ0v) is 11.6. The highest BCUT2D eigenvalue weighted by atomic mass is 16.5. The van der Waals surface area contributed by atoms with Crippen LogP contribution >= 0.6 is 0 Å². The molecule has 104 valence electrons. The quantitative estimate of drug-likeness (QED) is 0.852. The molecule has 1 aromatic carbocycles. The number of carboxylic acid groups (broad SMARTS) is 1. The lowest BCUT2D eigenvalue weighted by Crippen LogP contribution is -2.36. The van der Waals surface area contributed by atoms with Gasteiger partial charge in [-0.05, 0) is 50.6 Å². The fraction of sp³-hybridized carbons (Fsp3) is 0.533. The van der Waals surface area contributed by atoms with Crippen LogP contribution in [0.3, 0.4) is 0 Å². The van der Waals surface area contributed by atoms with Gasteiger partial charge in [-0.1, -0.05) is 12.1 Å². The van der Waals surface area contributed by atoms with Crippen LogP contribution in [0.2, 0.25) is 0 Å². The Morgan fingerprint density at radius 1 is 1.53 bits per heavy atom. The van der Waals surface area contributed by atoms with E-state index in [2.05, 4.69) is 12.1 Å². The molecule has 0 aliphatic carbocycles. The van der Waals surface area contributed by atoms with Crippen LogP contribution in [0.25, 0.3) is 0 Å². The van der Waals surface area contributed by atoms with Gasteiger partial charge in [-0.15, -0.1) is 0 Å². The number of benzene rings is 1. The summed E-state index contributed by atoms with van der Waals surface area (Å²) >= 11 is 0. The molecule has 1 atom stereocenters. The Bertz CT molecular complexity index is 459. The summed E-state index contributed by atoms with van der Waals surface area (Å²) < 4.78 is 5.48. The van der Waals surface area contributed by atoms with Crippen molar-refractivity contribution in [1.82, 2.24) is 4.90 Å². The number of rotatable bonds is 6. The van der Waals surface area contributed by atoms with Crippen LogP contribution in [0.15, 0.2) is 18.2 Å². The number of aliphatic carboxylic acids is 1. The van der Waals surface area contributed by atoms with Gasteiger partial charge in [-0.3, -0.25) is 9.69 Å². The summed E-state index contributed by atoms with van der Waals surface area (Å²) in [6.45, 7) is 3.30. The first-order chi connectivity index (χ1) is 9.08. The molecule has 0 saturated heterocycles. The number of hydrogen-bond acceptors (Lipinski definition) is 3. The first-order valence-electron chi connectivity index (χ1n) is 6.75. The van der Waals surface area contributed by atoms with Crippen LogP contribution in [0, 0.1) is 0 Å². The average Bonchev–Trinajstić information content (AvgIpc) is 2.84. The van der Waals surface area contributed by atoms with Crippen molar-refractivity contribution in [3.05, 3.63) is 29.3 Å². The number of carbonyl (C=O) groups is 1. The minimum Gasteiger partial charge on any atom is -0.493 e. The van der Waals surface area contributed by atoms with Crippen molar-refractivity contribution in [3.8, 4) is 5.75 Å². The van der Waals surface area contributed by atoms with Crippen molar-refractivity contribution in [2.24, 2.45) is 0 Å². The Morgan fingerprint density at radius 3 is 3.05 bits per heavy atom. The van der Waals surface area contributed by atoms with Gasteiger partial charge < -0.3 is 9.84 Å². The molecule has 1 aromatic rings. The van der Waals surface area contributed by atoms with Gasteiger partial charge in [-0.2, -0.15) is 0 Å². The standard InChI is InChI=1S/C15H21NO3/c1-11(15(17)18)16(2)8-3-4-12-5-6-14-13(10-12)7-9-19-14/h5-6,10-11H,3-4,7-9H2,1-2H3,(H,17,18). The minimum atomic E-state index is -0.767. The summed E-state index contributed by atoms with van der Waals surface area (Å²) in [7, 11) is 1.86. The number of fused-ring (bicyclic) bond motifs is 1. The molecular formula is C15H21NO3. The van der Waals surface area contributed by atoms with Crippen LogP contribution in [0.1, 0.15) is 24.5 Å². The first kappa shape index (κ1) is 13.9. The Balaban J connectivity index is 1.81. The monoisotopic (exact) mass is 263 g/mol. The second-order valence-electron chi connectivity index (χ2n) is 5.14. The van der Waals surface area contributed by atoms with Gasteiger partial charge in [0.25, 0.3) is 0 Å². The molecule has 1 aliphatic rings. The van der Waals surface area contributed by atoms with Crippen molar-refractivity contribution in [3.63, 3.8) is 0 Å². The largest absolute Gasteiger partial charge is 0.493 e. The molecular weight excluding hydrogens is 242 g/mol. The summed E-state index contributed by atoms with van der Waals surface area (Å²) in [6, 6.07) is 5.93. The lowest BCUT2D eigenvalue weighted by atomic mass is 10.0. The van der Waals surface area contributed by atoms with E-state index in [9.17, 15) is 4.79 Å². The highest BCUT2D eigenvalue weighted by Crippen LogP contribution is 2.26. The summed E-state index contributed by atoms with van der Waals surface area (Å²) in [5.41, 5.74) is 2.60. The van der Waals surface area contributed by atoms with E-state index in [1.165, 1.54) is 11.1 Å². The third kappa shape index (κ3) is 3.47. The van der Waals surface area contributed by atoms with Crippen molar-refractivity contribution in [2.75, 3.05) is 20.2 Å². The van der Waals surface area contributed by atoms with Crippen molar-refractivity contribution < 1.29 is 14.6 Å². The van der Waals surface area contributed by atoms with E-state index in [1.54, 1.807) is 6.92 Å². The normalized spacial score (nSPS) is 15.1. The molecule has 0 fully saturated rings. The van der Waals surface area contributed by atoms with Gasteiger partial charge >= 0.3 is 5.97 Å². The van der Waals surface area contributed by atoms with Gasteiger partial charge in [0, 0.05) is 6.42 Å². The van der Waals surface area contributed by atoms with Gasteiger partial charge in [0.05, 0.1) is 6.61 Å². The maximum absolute atomic E-state index is 10.8. The fourth-order valence-electron chi connectivity index (χ4n) is 2.31. The predicted molar refractivity (Wildman–Crippen MR) is 73.7 cm³/mol. The summed E-state index contributed by atoms with van der Waals surface area (Å²) in [5, 5.41) is 8.92. The number of aryl methyl sites for hydroxylation is 1. The molecule has 4 nitrogen and oxygen atoms in total. The highest BCUT2D eigenvalue weighted by molar-refractivity contribution is 5.72. The smallest absolute Gasteiger partial charge is 0.320 e. The molecule has 1 aliphatic heterocycles. The van der Waals surface area contributed by atoms with Gasteiger partial charge in [0.15, 0.2) is 0 Å². The van der Waals surface area contributed by atoms with E-state index in [0.717, 1.165) is 38.2 Å². The van der Waals surface area contributed by atoms with Crippen molar-refractivity contribution >= 4 is 5.97 Å². The van der Waals surface area contributed by atoms with E-state index in [1.807, 2.05) is 18.0 Å². The minimum absolute atomic E-state index is 0.423. The van der Waals surface area contributed by atoms with E-state index < -0.39 is 12.0 Å². The second kappa shape index (κ2) is 6.06. The zero-order chi connectivity index (χ0) is 13.8. The van der Waals surface area contributed by atoms with Crippen molar-refractivity contribution in [1.29, 1.82) is 0 Å². The fourth-order valence-corrected chi connectivity index (χ4v) is 2.31. The Labute approximate surface area is 114 Å². The van der Waals surface area contributed by atoms with E-state index in [0.29, 0.717) is 0 Å². The van der Waals surface area contributed by atoms with E-state index >= 15 is 0 Å². The van der Waals surface area contributed by atoms with E-state index in [4.69, 9.17) is 9.84 Å². The predicted octanol–water partition coefficient (Wildman–Crippen LogP) is 1.96. The maximum atomic E-state index is 10.8. The van der Waals surface area contributed by atoms with Crippen LogP contribution in [-0.4, -0.2) is 42.2 Å². The number of nitrogens with zero attached hydrogens (tertiary/aromatic N) is 1. The number of ether oxygens (including phenoxy) is 1. The molecule has 19 heavy (non-hydrogen) atoms. The number of hydrogen-bond donors (Lipinski definition) is 1. The van der Waals surface area contributed by atoms with Crippen LogP contribution in [-0.2, 0) is 17.6 Å². The molecule has 1 N–H and O–H groups in total. The Morgan fingerprint density at radius 2 is 2.32 bits per heavy atom. The lowest BCUT2D eigenvalue weighted by Gasteiger charge is -2.20. The molecule has 0 saturated carbocycles. The third-order valence-corrected chi connectivity index (χ3v) is 3.75. The van der Waals surface area contributed by atoms with Gasteiger partial charge in [0.2, 0.25) is 0 Å². The molecule has 2 rings (SSSR count). The Kier molecular flexibility index (Phi) is 4.43. The summed E-state index contributed by atoms with van der Waals surface area (Å²) in [5.74, 6) is 0.248. The molecule has 1 unspecified atom stereocenters. The molecule has 1 heterocycles. The molecule has 0 radical (unpaired) electrons. The number of carboxylic acids is 1. The molecule has 4 heteroatoms. The second-order valence-corrected chi connectivity index (χ2v) is 5.14. The summed E-state index contributed by atoms with van der Waals surface area (Å²) in [6.07, 6.45) is 2.94. The topological polar surface area (TPSA) is 49.8 Å². The van der Waals surface area contributed by atoms with Gasteiger partial charge in [0.1, 0.15) is 11.8 Å². The average molecular weight is 263 g/mol. The highest BCUT2D eigenvalue weighted by Gasteiger charge is 2.16. The maximum Gasteiger partial charge on any atom is 0.320 e. The SMILES string of the molecule is CC(C(=O)O)N(C)CCCc1ccc2c(c1)CCO2. The Hall–Kier alpha value is -1.55. The summed E-state index contributed by atoms with van der Waals surface area (Å²) in [4.78, 5) is 12.7. The first-order valence-corrected chi connectivity index (χ1v) is 6.75. The van der Waals surface area contributed by atoms with Gasteiger partial charge in [-0.25, -0.2) is 0 Å². The zero-order valence-electron chi connectivity index (χ0n) is 11.6. The van der Waals surface area contributed by atoms with Crippen LogP contribution in [0.4, 0.5) is 0 Å². The van der Waals surface area contributed by atoms with E-state index in [-0.39, 0.29) is 0 Å². The number of likely N-dealkylation sites (N-methyl/N-ethyl adjacent to an activating group) is 1. The molecule has 0 amide bonds. The van der Waals surface area contributed by atoms with Crippen molar-refractivity contribution in [2.45, 2.75) is 32.2 Å². The molecule has 0 aromatic heterocycles. The third-order valence-electron chi connectivity index (χ3n) is 3.75. The lowest BCUT2D eigenvalue weighted by molar-refractivity contribution is -0.142. The molecule has 0 spiro atoms.